The molecule has 0 saturated heterocycles. The molecular formula is C16H29ClO4. The van der Waals surface area contributed by atoms with Crippen LogP contribution in [0.1, 0.15) is 65.7 Å². The molecule has 0 aliphatic rings. The van der Waals surface area contributed by atoms with Crippen LogP contribution in [0.15, 0.2) is 0 Å². The third-order valence-corrected chi connectivity index (χ3v) is 3.79. The van der Waals surface area contributed by atoms with Gasteiger partial charge in [0.15, 0.2) is 5.41 Å². The molecule has 0 rings (SSSR count). The predicted octanol–water partition coefficient (Wildman–Crippen LogP) is 4.09. The molecule has 0 heterocycles. The van der Waals surface area contributed by atoms with Gasteiger partial charge in [-0.15, -0.1) is 11.6 Å². The van der Waals surface area contributed by atoms with Gasteiger partial charge in [0, 0.05) is 5.88 Å². The number of unbranched alkanes of at least 4 members (excludes halogenated alkanes) is 3. The number of esters is 2. The molecule has 0 aromatic carbocycles. The summed E-state index contributed by atoms with van der Waals surface area (Å²) in [7, 11) is 0. The number of hydrogen-bond donors (Lipinski definition) is 0. The maximum atomic E-state index is 12.4. The highest BCUT2D eigenvalue weighted by atomic mass is 35.5. The Balaban J connectivity index is 5.08. The molecule has 0 aliphatic carbocycles. The third-order valence-electron chi connectivity index (χ3n) is 3.53. The van der Waals surface area contributed by atoms with Crippen molar-refractivity contribution in [1.29, 1.82) is 0 Å². The molecule has 124 valence electrons. The minimum atomic E-state index is -1.14. The normalized spacial score (nSPS) is 11.2. The molecule has 0 saturated carbocycles. The number of rotatable bonds is 12. The van der Waals surface area contributed by atoms with Crippen molar-refractivity contribution in [3.05, 3.63) is 0 Å². The number of ether oxygens (including phenoxy) is 2. The van der Waals surface area contributed by atoms with Gasteiger partial charge in [-0.3, -0.25) is 9.59 Å². The zero-order valence-corrected chi connectivity index (χ0v) is 14.3. The van der Waals surface area contributed by atoms with E-state index in [2.05, 4.69) is 0 Å². The van der Waals surface area contributed by atoms with Gasteiger partial charge in [-0.05, 0) is 33.1 Å². The summed E-state index contributed by atoms with van der Waals surface area (Å²) < 4.78 is 10.3. The van der Waals surface area contributed by atoms with Crippen molar-refractivity contribution in [1.82, 2.24) is 0 Å². The van der Waals surface area contributed by atoms with Crippen LogP contribution in [-0.4, -0.2) is 31.0 Å². The second-order valence-electron chi connectivity index (χ2n) is 5.13. The van der Waals surface area contributed by atoms with Crippen LogP contribution in [-0.2, 0) is 19.1 Å². The molecule has 0 unspecified atom stereocenters. The van der Waals surface area contributed by atoms with Crippen LogP contribution in [0.5, 0.6) is 0 Å². The molecule has 0 N–H and O–H groups in total. The zero-order valence-electron chi connectivity index (χ0n) is 13.6. The van der Waals surface area contributed by atoms with E-state index in [1.807, 2.05) is 6.92 Å². The van der Waals surface area contributed by atoms with E-state index < -0.39 is 17.4 Å². The third kappa shape index (κ3) is 6.68. The maximum absolute atomic E-state index is 12.4. The summed E-state index contributed by atoms with van der Waals surface area (Å²) in [5.74, 6) is -0.286. The summed E-state index contributed by atoms with van der Waals surface area (Å²) in [4.78, 5) is 24.8. The second-order valence-corrected chi connectivity index (χ2v) is 5.50. The number of carbonyl (C=O) groups is 2. The van der Waals surface area contributed by atoms with Crippen LogP contribution in [0.25, 0.3) is 0 Å². The standard InChI is InChI=1S/C16H29ClO4/c1-4-7-11-16(14(18)20-5-2,15(19)21-6-3)12-9-8-10-13-17/h4-13H2,1-3H3. The van der Waals surface area contributed by atoms with Gasteiger partial charge in [0.2, 0.25) is 0 Å². The van der Waals surface area contributed by atoms with E-state index in [1.54, 1.807) is 13.8 Å². The van der Waals surface area contributed by atoms with Crippen LogP contribution in [0.4, 0.5) is 0 Å². The highest BCUT2D eigenvalue weighted by Gasteiger charge is 2.47. The van der Waals surface area contributed by atoms with Crippen LogP contribution in [0.3, 0.4) is 0 Å². The Morgan fingerprint density at radius 2 is 1.38 bits per heavy atom. The minimum Gasteiger partial charge on any atom is -0.465 e. The first-order valence-electron chi connectivity index (χ1n) is 7.99. The lowest BCUT2D eigenvalue weighted by molar-refractivity contribution is -0.173. The Hall–Kier alpha value is -0.770. The lowest BCUT2D eigenvalue weighted by Gasteiger charge is -2.29. The smallest absolute Gasteiger partial charge is 0.323 e. The average molecular weight is 321 g/mol. The van der Waals surface area contributed by atoms with Crippen molar-refractivity contribution < 1.29 is 19.1 Å². The van der Waals surface area contributed by atoms with Crippen molar-refractivity contribution in [2.45, 2.75) is 65.7 Å². The lowest BCUT2D eigenvalue weighted by atomic mass is 9.78. The number of alkyl halides is 1. The van der Waals surface area contributed by atoms with Crippen LogP contribution in [0.2, 0.25) is 0 Å². The van der Waals surface area contributed by atoms with Crippen molar-refractivity contribution >= 4 is 23.5 Å². The summed E-state index contributed by atoms with van der Waals surface area (Å²) in [6.07, 6.45) is 5.24. The number of carbonyl (C=O) groups excluding carboxylic acids is 2. The topological polar surface area (TPSA) is 52.6 Å². The van der Waals surface area contributed by atoms with Crippen molar-refractivity contribution in [2.75, 3.05) is 19.1 Å². The number of hydrogen-bond acceptors (Lipinski definition) is 4. The molecule has 4 nitrogen and oxygen atoms in total. The van der Waals surface area contributed by atoms with Gasteiger partial charge in [-0.1, -0.05) is 32.6 Å². The molecule has 21 heavy (non-hydrogen) atoms. The van der Waals surface area contributed by atoms with Crippen LogP contribution < -0.4 is 0 Å². The summed E-state index contributed by atoms with van der Waals surface area (Å²) in [5.41, 5.74) is -1.14. The maximum Gasteiger partial charge on any atom is 0.323 e. The largest absolute Gasteiger partial charge is 0.465 e. The molecule has 0 radical (unpaired) electrons. The molecule has 0 spiro atoms. The van der Waals surface area contributed by atoms with Gasteiger partial charge in [-0.2, -0.15) is 0 Å². The van der Waals surface area contributed by atoms with Gasteiger partial charge in [0.1, 0.15) is 0 Å². The van der Waals surface area contributed by atoms with Crippen LogP contribution >= 0.6 is 11.6 Å². The first-order chi connectivity index (χ1) is 10.1. The SMILES string of the molecule is CCCCC(CCCCCCl)(C(=O)OCC)C(=O)OCC. The first-order valence-corrected chi connectivity index (χ1v) is 8.52. The molecule has 0 amide bonds. The molecular weight excluding hydrogens is 292 g/mol. The molecule has 5 heteroatoms. The Morgan fingerprint density at radius 3 is 1.81 bits per heavy atom. The predicted molar refractivity (Wildman–Crippen MR) is 84.4 cm³/mol. The monoisotopic (exact) mass is 320 g/mol. The molecule has 0 aliphatic heterocycles. The quantitative estimate of drug-likeness (QED) is 0.235. The highest BCUT2D eigenvalue weighted by Crippen LogP contribution is 2.35. The second kappa shape index (κ2) is 11.8. The lowest BCUT2D eigenvalue weighted by Crippen LogP contribution is -2.42. The van der Waals surface area contributed by atoms with E-state index in [0.29, 0.717) is 18.7 Å². The van der Waals surface area contributed by atoms with Gasteiger partial charge in [0.25, 0.3) is 0 Å². The zero-order chi connectivity index (χ0) is 16.1. The molecule has 0 fully saturated rings. The van der Waals surface area contributed by atoms with E-state index in [1.165, 1.54) is 0 Å². The Bertz CT molecular complexity index is 287. The van der Waals surface area contributed by atoms with E-state index in [9.17, 15) is 9.59 Å². The number of halogens is 1. The van der Waals surface area contributed by atoms with Gasteiger partial charge < -0.3 is 9.47 Å². The van der Waals surface area contributed by atoms with E-state index >= 15 is 0 Å². The van der Waals surface area contributed by atoms with E-state index in [-0.39, 0.29) is 13.2 Å². The summed E-state index contributed by atoms with van der Waals surface area (Å²) >= 11 is 5.68. The Labute approximate surface area is 133 Å². The average Bonchev–Trinajstić information content (AvgIpc) is 2.47. The highest BCUT2D eigenvalue weighted by molar-refractivity contribution is 6.17. The van der Waals surface area contributed by atoms with E-state index in [0.717, 1.165) is 32.1 Å². The fourth-order valence-electron chi connectivity index (χ4n) is 2.33. The molecule has 0 aromatic rings. The summed E-state index contributed by atoms with van der Waals surface area (Å²) in [6, 6.07) is 0. The van der Waals surface area contributed by atoms with Gasteiger partial charge >= 0.3 is 11.9 Å². The summed E-state index contributed by atoms with van der Waals surface area (Å²) in [6.45, 7) is 6.08. The first kappa shape index (κ1) is 20.2. The van der Waals surface area contributed by atoms with Crippen molar-refractivity contribution in [2.24, 2.45) is 5.41 Å². The fraction of sp³-hybridized carbons (Fsp3) is 0.875. The van der Waals surface area contributed by atoms with Gasteiger partial charge in [0.05, 0.1) is 13.2 Å². The Morgan fingerprint density at radius 1 is 0.857 bits per heavy atom. The van der Waals surface area contributed by atoms with Crippen molar-refractivity contribution in [3.63, 3.8) is 0 Å². The molecule has 0 bridgehead atoms. The Kier molecular flexibility index (Phi) is 11.4. The minimum absolute atomic E-state index is 0.272. The molecule has 0 aromatic heterocycles. The van der Waals surface area contributed by atoms with Crippen LogP contribution in [0, 0.1) is 5.41 Å². The summed E-state index contributed by atoms with van der Waals surface area (Å²) in [5, 5.41) is 0. The van der Waals surface area contributed by atoms with Gasteiger partial charge in [-0.25, -0.2) is 0 Å². The molecule has 0 atom stereocenters. The van der Waals surface area contributed by atoms with Crippen molar-refractivity contribution in [3.8, 4) is 0 Å². The fourth-order valence-corrected chi connectivity index (χ4v) is 2.52. The van der Waals surface area contributed by atoms with E-state index in [4.69, 9.17) is 21.1 Å².